The van der Waals surface area contributed by atoms with Gasteiger partial charge in [0.25, 0.3) is 5.91 Å². The second-order valence-electron chi connectivity index (χ2n) is 4.47. The van der Waals surface area contributed by atoms with Gasteiger partial charge in [-0.2, -0.15) is 13.2 Å². The van der Waals surface area contributed by atoms with Crippen LogP contribution in [0.4, 0.5) is 18.9 Å². The molecule has 0 spiro atoms. The first-order valence-electron chi connectivity index (χ1n) is 5.79. The van der Waals surface area contributed by atoms with Gasteiger partial charge in [-0.25, -0.2) is 0 Å². The summed E-state index contributed by atoms with van der Waals surface area (Å²) in [6.07, 6.45) is -4.38. The number of benzene rings is 1. The number of ether oxygens (including phenoxy) is 1. The van der Waals surface area contributed by atoms with Crippen LogP contribution in [0.25, 0.3) is 0 Å². The van der Waals surface area contributed by atoms with Crippen LogP contribution in [-0.2, 0) is 15.7 Å². The van der Waals surface area contributed by atoms with Gasteiger partial charge in [0.1, 0.15) is 5.60 Å². The zero-order valence-electron chi connectivity index (χ0n) is 11.0. The molecule has 0 aliphatic carbocycles. The predicted octanol–water partition coefficient (Wildman–Crippen LogP) is 3.46. The van der Waals surface area contributed by atoms with Crippen LogP contribution in [0.1, 0.15) is 26.3 Å². The molecule has 6 heteroatoms. The Morgan fingerprint density at radius 3 is 2.16 bits per heavy atom. The smallest absolute Gasteiger partial charge is 0.366 e. The fraction of sp³-hybridized carbons (Fsp3) is 0.462. The lowest BCUT2D eigenvalue weighted by atomic mass is 10.1. The quantitative estimate of drug-likeness (QED) is 0.913. The number of amides is 1. The normalized spacial score (nSPS) is 12.3. The summed E-state index contributed by atoms with van der Waals surface area (Å²) in [5.41, 5.74) is -1.49. The van der Waals surface area contributed by atoms with Gasteiger partial charge in [0, 0.05) is 12.3 Å². The van der Waals surface area contributed by atoms with Gasteiger partial charge in [-0.1, -0.05) is 0 Å². The summed E-state index contributed by atoms with van der Waals surface area (Å²) >= 11 is 0. The van der Waals surface area contributed by atoms with Crippen LogP contribution < -0.4 is 5.32 Å². The van der Waals surface area contributed by atoms with Crippen molar-refractivity contribution >= 4 is 11.6 Å². The Morgan fingerprint density at radius 1 is 1.21 bits per heavy atom. The molecule has 0 aromatic heterocycles. The van der Waals surface area contributed by atoms with E-state index in [1.807, 2.05) is 0 Å². The molecule has 0 saturated carbocycles. The maximum absolute atomic E-state index is 12.4. The highest BCUT2D eigenvalue weighted by Gasteiger charge is 2.31. The molecule has 1 rings (SSSR count). The summed E-state index contributed by atoms with van der Waals surface area (Å²) in [6, 6.07) is 4.26. The third kappa shape index (κ3) is 4.24. The van der Waals surface area contributed by atoms with Crippen molar-refractivity contribution in [3.63, 3.8) is 0 Å². The maximum atomic E-state index is 12.4. The van der Waals surface area contributed by atoms with E-state index < -0.39 is 23.2 Å². The van der Waals surface area contributed by atoms with Crippen molar-refractivity contribution in [1.82, 2.24) is 0 Å². The van der Waals surface area contributed by atoms with E-state index in [-0.39, 0.29) is 0 Å². The van der Waals surface area contributed by atoms with E-state index >= 15 is 0 Å². The molecule has 0 atom stereocenters. The van der Waals surface area contributed by atoms with Gasteiger partial charge < -0.3 is 10.1 Å². The van der Waals surface area contributed by atoms with Crippen LogP contribution in [0, 0.1) is 0 Å². The number of hydrogen-bond donors (Lipinski definition) is 1. The van der Waals surface area contributed by atoms with Crippen molar-refractivity contribution in [2.75, 3.05) is 11.9 Å². The lowest BCUT2D eigenvalue weighted by Gasteiger charge is -2.23. The number of carbonyl (C=O) groups is 1. The van der Waals surface area contributed by atoms with Crippen LogP contribution in [-0.4, -0.2) is 18.1 Å². The molecule has 106 valence electrons. The third-order valence-corrected chi connectivity index (χ3v) is 2.52. The average molecular weight is 275 g/mol. The first kappa shape index (κ1) is 15.5. The molecule has 3 nitrogen and oxygen atoms in total. The molecule has 0 heterocycles. The zero-order chi connectivity index (χ0) is 14.7. The molecule has 0 radical (unpaired) electrons. The molecule has 1 amide bonds. The lowest BCUT2D eigenvalue weighted by molar-refractivity contribution is -0.137. The predicted molar refractivity (Wildman–Crippen MR) is 65.8 cm³/mol. The van der Waals surface area contributed by atoms with Gasteiger partial charge in [0.2, 0.25) is 0 Å². The van der Waals surface area contributed by atoms with E-state index in [0.717, 1.165) is 12.1 Å². The van der Waals surface area contributed by atoms with Crippen molar-refractivity contribution in [3.05, 3.63) is 29.8 Å². The first-order chi connectivity index (χ1) is 8.66. The Bertz CT molecular complexity index is 438. The van der Waals surface area contributed by atoms with Gasteiger partial charge in [-0.05, 0) is 45.0 Å². The summed E-state index contributed by atoms with van der Waals surface area (Å²) in [5.74, 6) is -0.408. The zero-order valence-corrected chi connectivity index (χ0v) is 11.0. The third-order valence-electron chi connectivity index (χ3n) is 2.52. The van der Waals surface area contributed by atoms with Crippen molar-refractivity contribution in [2.45, 2.75) is 32.5 Å². The topological polar surface area (TPSA) is 38.3 Å². The van der Waals surface area contributed by atoms with Crippen LogP contribution in [0.3, 0.4) is 0 Å². The fourth-order valence-corrected chi connectivity index (χ4v) is 1.45. The van der Waals surface area contributed by atoms with E-state index in [1.54, 1.807) is 20.8 Å². The largest absolute Gasteiger partial charge is 0.416 e. The summed E-state index contributed by atoms with van der Waals surface area (Å²) < 4.78 is 42.3. The van der Waals surface area contributed by atoms with Crippen LogP contribution >= 0.6 is 0 Å². The number of hydrogen-bond acceptors (Lipinski definition) is 2. The highest BCUT2D eigenvalue weighted by atomic mass is 19.4. The highest BCUT2D eigenvalue weighted by molar-refractivity contribution is 5.96. The molecule has 0 aliphatic rings. The van der Waals surface area contributed by atoms with Crippen LogP contribution in [0.2, 0.25) is 0 Å². The highest BCUT2D eigenvalue weighted by Crippen LogP contribution is 2.29. The monoisotopic (exact) mass is 275 g/mol. The van der Waals surface area contributed by atoms with E-state index in [2.05, 4.69) is 5.32 Å². The molecule has 19 heavy (non-hydrogen) atoms. The Labute approximate surface area is 109 Å². The van der Waals surface area contributed by atoms with Crippen molar-refractivity contribution in [3.8, 4) is 0 Å². The average Bonchev–Trinajstić information content (AvgIpc) is 2.28. The number of rotatable bonds is 4. The van der Waals surface area contributed by atoms with E-state index in [4.69, 9.17) is 4.74 Å². The fourth-order valence-electron chi connectivity index (χ4n) is 1.45. The van der Waals surface area contributed by atoms with Gasteiger partial charge in [0.05, 0.1) is 5.56 Å². The summed E-state index contributed by atoms with van der Waals surface area (Å²) in [7, 11) is 0. The molecular formula is C13H16F3NO2. The SMILES string of the molecule is CCOC(C)(C)C(=O)Nc1ccc(C(F)(F)F)cc1. The Morgan fingerprint density at radius 2 is 1.74 bits per heavy atom. The second kappa shape index (κ2) is 5.61. The molecule has 1 aromatic carbocycles. The maximum Gasteiger partial charge on any atom is 0.416 e. The summed E-state index contributed by atoms with van der Waals surface area (Å²) in [6.45, 7) is 5.31. The van der Waals surface area contributed by atoms with E-state index in [0.29, 0.717) is 12.3 Å². The first-order valence-corrected chi connectivity index (χ1v) is 5.79. The van der Waals surface area contributed by atoms with Crippen molar-refractivity contribution < 1.29 is 22.7 Å². The molecule has 0 aliphatic heterocycles. The molecule has 0 saturated heterocycles. The van der Waals surface area contributed by atoms with E-state index in [1.165, 1.54) is 12.1 Å². The molecular weight excluding hydrogens is 259 g/mol. The van der Waals surface area contributed by atoms with Crippen LogP contribution in [0.5, 0.6) is 0 Å². The Hall–Kier alpha value is -1.56. The number of alkyl halides is 3. The minimum Gasteiger partial charge on any atom is -0.366 e. The van der Waals surface area contributed by atoms with Gasteiger partial charge in [-0.15, -0.1) is 0 Å². The Kier molecular flexibility index (Phi) is 4.57. The number of nitrogens with one attached hydrogen (secondary N) is 1. The van der Waals surface area contributed by atoms with Gasteiger partial charge >= 0.3 is 6.18 Å². The molecule has 1 aromatic rings. The number of halogens is 3. The van der Waals surface area contributed by atoms with E-state index in [9.17, 15) is 18.0 Å². The van der Waals surface area contributed by atoms with Crippen LogP contribution in [0.15, 0.2) is 24.3 Å². The lowest BCUT2D eigenvalue weighted by Crippen LogP contribution is -2.39. The Balaban J connectivity index is 2.76. The molecule has 0 bridgehead atoms. The number of anilines is 1. The second-order valence-corrected chi connectivity index (χ2v) is 4.47. The minimum absolute atomic E-state index is 0.297. The number of carbonyl (C=O) groups excluding carboxylic acids is 1. The van der Waals surface area contributed by atoms with Gasteiger partial charge in [0.15, 0.2) is 0 Å². The minimum atomic E-state index is -4.38. The summed E-state index contributed by atoms with van der Waals surface area (Å²) in [4.78, 5) is 11.8. The van der Waals surface area contributed by atoms with Gasteiger partial charge in [-0.3, -0.25) is 4.79 Å². The molecule has 1 N–H and O–H groups in total. The van der Waals surface area contributed by atoms with Crippen molar-refractivity contribution in [1.29, 1.82) is 0 Å². The molecule has 0 unspecified atom stereocenters. The van der Waals surface area contributed by atoms with Crippen molar-refractivity contribution in [2.24, 2.45) is 0 Å². The molecule has 0 fully saturated rings. The summed E-state index contributed by atoms with van der Waals surface area (Å²) in [5, 5.41) is 2.51. The standard InChI is InChI=1S/C13H16F3NO2/c1-4-19-12(2,3)11(18)17-10-7-5-9(6-8-10)13(14,15)16/h5-8H,4H2,1-3H3,(H,17,18).